The van der Waals surface area contributed by atoms with Gasteiger partial charge in [-0.1, -0.05) is 6.07 Å². The van der Waals surface area contributed by atoms with Crippen molar-refractivity contribution in [3.63, 3.8) is 0 Å². The third-order valence-electron chi connectivity index (χ3n) is 2.97. The summed E-state index contributed by atoms with van der Waals surface area (Å²) in [6.45, 7) is 1.78. The number of anilines is 1. The minimum absolute atomic E-state index is 0.0763. The number of hydrogen-bond acceptors (Lipinski definition) is 3. The van der Waals surface area contributed by atoms with Crippen LogP contribution in [0.3, 0.4) is 0 Å². The molecule has 0 spiro atoms. The van der Waals surface area contributed by atoms with Gasteiger partial charge in [0.1, 0.15) is 11.9 Å². The van der Waals surface area contributed by atoms with Gasteiger partial charge in [-0.25, -0.2) is 9.18 Å². The monoisotopic (exact) mass is 267 g/mol. The quantitative estimate of drug-likeness (QED) is 0.874. The number of nitrogens with one attached hydrogen (secondary N) is 1. The van der Waals surface area contributed by atoms with E-state index < -0.39 is 29.9 Å². The van der Waals surface area contributed by atoms with Crippen LogP contribution in [-0.4, -0.2) is 29.2 Å². The second-order valence-electron chi connectivity index (χ2n) is 4.50. The third kappa shape index (κ3) is 3.08. The van der Waals surface area contributed by atoms with Crippen molar-refractivity contribution in [1.82, 2.24) is 0 Å². The molecule has 6 heteroatoms. The lowest BCUT2D eigenvalue weighted by Gasteiger charge is -2.12. The van der Waals surface area contributed by atoms with E-state index in [4.69, 9.17) is 9.84 Å². The Kier molecular flexibility index (Phi) is 3.80. The Hall–Kier alpha value is -1.95. The van der Waals surface area contributed by atoms with Crippen LogP contribution >= 0.6 is 0 Å². The summed E-state index contributed by atoms with van der Waals surface area (Å²) >= 11 is 0. The van der Waals surface area contributed by atoms with Gasteiger partial charge in [-0.2, -0.15) is 0 Å². The summed E-state index contributed by atoms with van der Waals surface area (Å²) in [5.74, 6) is -2.14. The molecule has 2 unspecified atom stereocenters. The van der Waals surface area contributed by atoms with Crippen molar-refractivity contribution < 1.29 is 23.8 Å². The van der Waals surface area contributed by atoms with E-state index in [1.54, 1.807) is 13.0 Å². The van der Waals surface area contributed by atoms with Crippen LogP contribution < -0.4 is 5.32 Å². The molecular weight excluding hydrogens is 253 g/mol. The predicted octanol–water partition coefficient (Wildman–Crippen LogP) is 1.70. The molecule has 1 fully saturated rings. The van der Waals surface area contributed by atoms with Gasteiger partial charge in [0.05, 0.1) is 5.69 Å². The molecule has 1 aromatic rings. The smallest absolute Gasteiger partial charge is 0.332 e. The molecule has 1 heterocycles. The van der Waals surface area contributed by atoms with Crippen LogP contribution in [0.5, 0.6) is 0 Å². The molecule has 1 saturated heterocycles. The zero-order valence-electron chi connectivity index (χ0n) is 10.4. The maximum atomic E-state index is 13.5. The van der Waals surface area contributed by atoms with Crippen LogP contribution in [0.15, 0.2) is 18.2 Å². The number of carbonyl (C=O) groups is 2. The van der Waals surface area contributed by atoms with Gasteiger partial charge < -0.3 is 15.2 Å². The van der Waals surface area contributed by atoms with Gasteiger partial charge in [-0.3, -0.25) is 4.79 Å². The highest BCUT2D eigenvalue weighted by molar-refractivity contribution is 5.95. The Labute approximate surface area is 109 Å². The molecule has 1 aromatic carbocycles. The number of carboxylic acid groups (broad SMARTS) is 1. The van der Waals surface area contributed by atoms with Gasteiger partial charge in [0.2, 0.25) is 0 Å². The summed E-state index contributed by atoms with van der Waals surface area (Å²) in [4.78, 5) is 22.6. The minimum Gasteiger partial charge on any atom is -0.479 e. The molecule has 102 valence electrons. The lowest BCUT2D eigenvalue weighted by atomic mass is 10.1. The fourth-order valence-corrected chi connectivity index (χ4v) is 1.96. The van der Waals surface area contributed by atoms with E-state index in [-0.39, 0.29) is 12.1 Å². The van der Waals surface area contributed by atoms with Crippen molar-refractivity contribution in [2.75, 3.05) is 5.32 Å². The zero-order chi connectivity index (χ0) is 14.0. The molecule has 0 saturated carbocycles. The van der Waals surface area contributed by atoms with Crippen molar-refractivity contribution in [1.29, 1.82) is 0 Å². The van der Waals surface area contributed by atoms with E-state index in [2.05, 4.69) is 5.32 Å². The third-order valence-corrected chi connectivity index (χ3v) is 2.97. The van der Waals surface area contributed by atoms with E-state index in [1.165, 1.54) is 12.1 Å². The molecule has 1 amide bonds. The van der Waals surface area contributed by atoms with Crippen molar-refractivity contribution in [3.05, 3.63) is 29.6 Å². The van der Waals surface area contributed by atoms with Crippen LogP contribution in [0.1, 0.15) is 18.4 Å². The number of aryl methyl sites for hydroxylation is 1. The molecule has 2 atom stereocenters. The van der Waals surface area contributed by atoms with Crippen LogP contribution in [0.2, 0.25) is 0 Å². The SMILES string of the molecule is Cc1ccc(F)c(NC(=O)C2CCC(C(=O)O)O2)c1. The predicted molar refractivity (Wildman–Crippen MR) is 65.3 cm³/mol. The van der Waals surface area contributed by atoms with Crippen LogP contribution in [-0.2, 0) is 14.3 Å². The number of ether oxygens (including phenoxy) is 1. The molecule has 1 aliphatic rings. The Morgan fingerprint density at radius 2 is 2.05 bits per heavy atom. The zero-order valence-corrected chi connectivity index (χ0v) is 10.4. The molecule has 1 aliphatic heterocycles. The van der Waals surface area contributed by atoms with Crippen molar-refractivity contribution in [2.24, 2.45) is 0 Å². The first-order valence-corrected chi connectivity index (χ1v) is 5.92. The molecule has 0 radical (unpaired) electrons. The van der Waals surface area contributed by atoms with E-state index in [1.807, 2.05) is 0 Å². The Bertz CT molecular complexity index is 517. The average molecular weight is 267 g/mol. The molecule has 0 aromatic heterocycles. The highest BCUT2D eigenvalue weighted by Crippen LogP contribution is 2.22. The number of amides is 1. The standard InChI is InChI=1S/C13H14FNO4/c1-7-2-3-8(14)9(6-7)15-12(16)10-4-5-11(19-10)13(17)18/h2-3,6,10-11H,4-5H2,1H3,(H,15,16)(H,17,18). The van der Waals surface area contributed by atoms with E-state index in [0.29, 0.717) is 6.42 Å². The van der Waals surface area contributed by atoms with Gasteiger partial charge in [-0.15, -0.1) is 0 Å². The summed E-state index contributed by atoms with van der Waals surface area (Å²) in [5, 5.41) is 11.2. The highest BCUT2D eigenvalue weighted by Gasteiger charge is 2.34. The number of halogens is 1. The molecular formula is C13H14FNO4. The van der Waals surface area contributed by atoms with Crippen LogP contribution in [0, 0.1) is 12.7 Å². The Balaban J connectivity index is 2.02. The number of hydrogen-bond donors (Lipinski definition) is 2. The second-order valence-corrected chi connectivity index (χ2v) is 4.50. The molecule has 2 N–H and O–H groups in total. The second kappa shape index (κ2) is 5.36. The lowest BCUT2D eigenvalue weighted by molar-refractivity contribution is -0.150. The molecule has 0 bridgehead atoms. The highest BCUT2D eigenvalue weighted by atomic mass is 19.1. The summed E-state index contributed by atoms with van der Waals surface area (Å²) in [5.41, 5.74) is 0.889. The van der Waals surface area contributed by atoms with Crippen molar-refractivity contribution in [3.8, 4) is 0 Å². The van der Waals surface area contributed by atoms with Gasteiger partial charge >= 0.3 is 5.97 Å². The maximum absolute atomic E-state index is 13.5. The van der Waals surface area contributed by atoms with E-state index in [0.717, 1.165) is 5.56 Å². The fraction of sp³-hybridized carbons (Fsp3) is 0.385. The van der Waals surface area contributed by atoms with Crippen molar-refractivity contribution in [2.45, 2.75) is 32.0 Å². The summed E-state index contributed by atoms with van der Waals surface area (Å²) < 4.78 is 18.6. The number of carboxylic acids is 1. The molecule has 2 rings (SSSR count). The maximum Gasteiger partial charge on any atom is 0.332 e. The largest absolute Gasteiger partial charge is 0.479 e. The molecule has 19 heavy (non-hydrogen) atoms. The normalized spacial score (nSPS) is 22.2. The average Bonchev–Trinajstić information content (AvgIpc) is 2.83. The van der Waals surface area contributed by atoms with Crippen LogP contribution in [0.25, 0.3) is 0 Å². The number of carbonyl (C=O) groups excluding carboxylic acids is 1. The van der Waals surface area contributed by atoms with E-state index in [9.17, 15) is 14.0 Å². The first kappa shape index (κ1) is 13.5. The summed E-state index contributed by atoms with van der Waals surface area (Å²) in [7, 11) is 0. The van der Waals surface area contributed by atoms with Crippen LogP contribution in [0.4, 0.5) is 10.1 Å². The number of benzene rings is 1. The van der Waals surface area contributed by atoms with Gasteiger partial charge in [0, 0.05) is 0 Å². The Morgan fingerprint density at radius 3 is 2.68 bits per heavy atom. The molecule has 0 aliphatic carbocycles. The van der Waals surface area contributed by atoms with E-state index >= 15 is 0 Å². The number of rotatable bonds is 3. The molecule has 5 nitrogen and oxygen atoms in total. The van der Waals surface area contributed by atoms with Gasteiger partial charge in [-0.05, 0) is 37.5 Å². The summed E-state index contributed by atoms with van der Waals surface area (Å²) in [6.07, 6.45) is -1.21. The van der Waals surface area contributed by atoms with Gasteiger partial charge in [0.15, 0.2) is 6.10 Å². The van der Waals surface area contributed by atoms with Gasteiger partial charge in [0.25, 0.3) is 5.91 Å². The first-order chi connectivity index (χ1) is 8.97. The topological polar surface area (TPSA) is 75.6 Å². The Morgan fingerprint density at radius 1 is 1.37 bits per heavy atom. The fourth-order valence-electron chi connectivity index (χ4n) is 1.96. The van der Waals surface area contributed by atoms with Crippen molar-refractivity contribution >= 4 is 17.6 Å². The lowest BCUT2D eigenvalue weighted by Crippen LogP contribution is -2.30. The summed E-state index contributed by atoms with van der Waals surface area (Å²) in [6, 6.07) is 4.37. The minimum atomic E-state index is -1.09. The first-order valence-electron chi connectivity index (χ1n) is 5.92. The number of aliphatic carboxylic acids is 1.